The van der Waals surface area contributed by atoms with Gasteiger partial charge < -0.3 is 10.1 Å². The SMILES string of the molecule is CC(C)(C)OC(=O)N1CCCC[C@H]1C(=O)NCc1ccccn1. The molecule has 1 aliphatic heterocycles. The molecule has 1 aromatic rings. The van der Waals surface area contributed by atoms with Crippen molar-refractivity contribution >= 4 is 12.0 Å². The van der Waals surface area contributed by atoms with Crippen LogP contribution in [0.15, 0.2) is 24.4 Å². The topological polar surface area (TPSA) is 71.5 Å². The highest BCUT2D eigenvalue weighted by Crippen LogP contribution is 2.20. The smallest absolute Gasteiger partial charge is 0.410 e. The fraction of sp³-hybridized carbons (Fsp3) is 0.588. The lowest BCUT2D eigenvalue weighted by Crippen LogP contribution is -2.53. The van der Waals surface area contributed by atoms with E-state index in [0.29, 0.717) is 19.5 Å². The minimum absolute atomic E-state index is 0.152. The first-order chi connectivity index (χ1) is 10.9. The van der Waals surface area contributed by atoms with Crippen molar-refractivity contribution in [3.63, 3.8) is 0 Å². The lowest BCUT2D eigenvalue weighted by Gasteiger charge is -2.35. The lowest BCUT2D eigenvalue weighted by molar-refractivity contribution is -0.127. The number of nitrogens with zero attached hydrogens (tertiary/aromatic N) is 2. The Bertz CT molecular complexity index is 540. The molecule has 6 nitrogen and oxygen atoms in total. The van der Waals surface area contributed by atoms with E-state index in [1.807, 2.05) is 39.0 Å². The maximum absolute atomic E-state index is 12.5. The Balaban J connectivity index is 1.97. The predicted octanol–water partition coefficient (Wildman–Crippen LogP) is 2.49. The zero-order valence-corrected chi connectivity index (χ0v) is 14.0. The molecule has 0 aliphatic carbocycles. The number of amides is 2. The summed E-state index contributed by atoms with van der Waals surface area (Å²) in [6, 6.07) is 5.09. The molecular formula is C17H25N3O3. The van der Waals surface area contributed by atoms with Crippen molar-refractivity contribution < 1.29 is 14.3 Å². The van der Waals surface area contributed by atoms with E-state index in [9.17, 15) is 9.59 Å². The Hall–Kier alpha value is -2.11. The van der Waals surface area contributed by atoms with E-state index in [1.165, 1.54) is 0 Å². The van der Waals surface area contributed by atoms with Gasteiger partial charge in [0.15, 0.2) is 0 Å². The zero-order chi connectivity index (χ0) is 16.9. The highest BCUT2D eigenvalue weighted by atomic mass is 16.6. The van der Waals surface area contributed by atoms with Crippen molar-refractivity contribution in [1.82, 2.24) is 15.2 Å². The number of likely N-dealkylation sites (tertiary alicyclic amines) is 1. The first kappa shape index (κ1) is 17.2. The molecule has 6 heteroatoms. The largest absolute Gasteiger partial charge is 0.444 e. The number of pyridine rings is 1. The van der Waals surface area contributed by atoms with Gasteiger partial charge in [0, 0.05) is 12.7 Å². The molecule has 1 atom stereocenters. The third-order valence-corrected chi connectivity index (χ3v) is 3.60. The van der Waals surface area contributed by atoms with Gasteiger partial charge in [0.1, 0.15) is 11.6 Å². The van der Waals surface area contributed by atoms with Gasteiger partial charge in [-0.25, -0.2) is 4.79 Å². The molecule has 0 bridgehead atoms. The summed E-state index contributed by atoms with van der Waals surface area (Å²) in [6.07, 6.45) is 3.75. The third-order valence-electron chi connectivity index (χ3n) is 3.60. The van der Waals surface area contributed by atoms with Crippen molar-refractivity contribution in [3.8, 4) is 0 Å². The summed E-state index contributed by atoms with van der Waals surface area (Å²) >= 11 is 0. The molecule has 2 heterocycles. The van der Waals surface area contributed by atoms with Crippen LogP contribution in [0.3, 0.4) is 0 Å². The molecule has 1 aromatic heterocycles. The van der Waals surface area contributed by atoms with Crippen LogP contribution in [0.4, 0.5) is 4.79 Å². The Labute approximate surface area is 137 Å². The van der Waals surface area contributed by atoms with Gasteiger partial charge in [-0.3, -0.25) is 14.7 Å². The summed E-state index contributed by atoms with van der Waals surface area (Å²) in [4.78, 5) is 30.5. The molecule has 0 radical (unpaired) electrons. The number of hydrogen-bond acceptors (Lipinski definition) is 4. The highest BCUT2D eigenvalue weighted by molar-refractivity contribution is 5.85. The van der Waals surface area contributed by atoms with Crippen LogP contribution in [0, 0.1) is 0 Å². The van der Waals surface area contributed by atoms with Crippen LogP contribution in [0.2, 0.25) is 0 Å². The fourth-order valence-corrected chi connectivity index (χ4v) is 2.54. The molecular weight excluding hydrogens is 294 g/mol. The molecule has 2 rings (SSSR count). The van der Waals surface area contributed by atoms with E-state index in [2.05, 4.69) is 10.3 Å². The second-order valence-corrected chi connectivity index (χ2v) is 6.72. The Morgan fingerprint density at radius 2 is 2.13 bits per heavy atom. The van der Waals surface area contributed by atoms with Crippen LogP contribution in [-0.2, 0) is 16.1 Å². The molecule has 0 unspecified atom stereocenters. The van der Waals surface area contributed by atoms with Gasteiger partial charge in [0.25, 0.3) is 0 Å². The average molecular weight is 319 g/mol. The molecule has 1 N–H and O–H groups in total. The van der Waals surface area contributed by atoms with Crippen LogP contribution >= 0.6 is 0 Å². The number of nitrogens with one attached hydrogen (secondary N) is 1. The minimum Gasteiger partial charge on any atom is -0.444 e. The molecule has 1 fully saturated rings. The van der Waals surface area contributed by atoms with Gasteiger partial charge in [-0.15, -0.1) is 0 Å². The quantitative estimate of drug-likeness (QED) is 0.929. The number of carbonyl (C=O) groups is 2. The first-order valence-electron chi connectivity index (χ1n) is 8.04. The number of hydrogen-bond donors (Lipinski definition) is 1. The van der Waals surface area contributed by atoms with Gasteiger partial charge in [0.05, 0.1) is 12.2 Å². The number of aromatic nitrogens is 1. The van der Waals surface area contributed by atoms with Crippen molar-refractivity contribution in [2.75, 3.05) is 6.54 Å². The van der Waals surface area contributed by atoms with E-state index in [0.717, 1.165) is 18.5 Å². The Morgan fingerprint density at radius 1 is 1.35 bits per heavy atom. The normalized spacial score (nSPS) is 18.4. The Morgan fingerprint density at radius 3 is 2.78 bits per heavy atom. The molecule has 1 saturated heterocycles. The number of rotatable bonds is 3. The maximum atomic E-state index is 12.5. The van der Waals surface area contributed by atoms with Crippen LogP contribution < -0.4 is 5.32 Å². The standard InChI is InChI=1S/C17H25N3O3/c1-17(2,3)23-16(22)20-11-7-5-9-14(20)15(21)19-12-13-8-4-6-10-18-13/h4,6,8,10,14H,5,7,9,11-12H2,1-3H3,(H,19,21)/t14-/m0/s1. The number of piperidine rings is 1. The second kappa shape index (κ2) is 7.44. The van der Waals surface area contributed by atoms with Gasteiger partial charge in [0.2, 0.25) is 5.91 Å². The highest BCUT2D eigenvalue weighted by Gasteiger charge is 2.34. The third kappa shape index (κ3) is 5.23. The summed E-state index contributed by atoms with van der Waals surface area (Å²) in [5.74, 6) is -0.152. The average Bonchev–Trinajstić information content (AvgIpc) is 2.52. The van der Waals surface area contributed by atoms with Gasteiger partial charge in [-0.1, -0.05) is 6.07 Å². The molecule has 2 amide bonds. The number of ether oxygens (including phenoxy) is 1. The van der Waals surface area contributed by atoms with Gasteiger partial charge >= 0.3 is 6.09 Å². The number of carbonyl (C=O) groups excluding carboxylic acids is 2. The summed E-state index contributed by atoms with van der Waals surface area (Å²) in [7, 11) is 0. The van der Waals surface area contributed by atoms with Crippen molar-refractivity contribution in [1.29, 1.82) is 0 Å². The molecule has 23 heavy (non-hydrogen) atoms. The summed E-state index contributed by atoms with van der Waals surface area (Å²) in [6.45, 7) is 6.38. The monoisotopic (exact) mass is 319 g/mol. The van der Waals surface area contributed by atoms with E-state index >= 15 is 0 Å². The van der Waals surface area contributed by atoms with Crippen molar-refractivity contribution in [2.24, 2.45) is 0 Å². The summed E-state index contributed by atoms with van der Waals surface area (Å²) in [5, 5.41) is 2.87. The first-order valence-corrected chi connectivity index (χ1v) is 8.04. The van der Waals surface area contributed by atoms with Gasteiger partial charge in [-0.05, 0) is 52.2 Å². The molecule has 0 aromatic carbocycles. The second-order valence-electron chi connectivity index (χ2n) is 6.72. The Kier molecular flexibility index (Phi) is 5.58. The van der Waals surface area contributed by atoms with E-state index in [-0.39, 0.29) is 5.91 Å². The van der Waals surface area contributed by atoms with Crippen LogP contribution in [0.1, 0.15) is 45.7 Å². The fourth-order valence-electron chi connectivity index (χ4n) is 2.54. The zero-order valence-electron chi connectivity index (χ0n) is 14.0. The lowest BCUT2D eigenvalue weighted by atomic mass is 10.0. The van der Waals surface area contributed by atoms with E-state index in [4.69, 9.17) is 4.74 Å². The van der Waals surface area contributed by atoms with Crippen LogP contribution in [0.25, 0.3) is 0 Å². The maximum Gasteiger partial charge on any atom is 0.410 e. The van der Waals surface area contributed by atoms with Crippen molar-refractivity contribution in [2.45, 2.75) is 58.2 Å². The summed E-state index contributed by atoms with van der Waals surface area (Å²) < 4.78 is 5.42. The molecule has 1 aliphatic rings. The molecule has 0 spiro atoms. The molecule has 126 valence electrons. The van der Waals surface area contributed by atoms with Crippen LogP contribution in [0.5, 0.6) is 0 Å². The minimum atomic E-state index is -0.566. The van der Waals surface area contributed by atoms with Crippen LogP contribution in [-0.4, -0.2) is 40.1 Å². The predicted molar refractivity (Wildman–Crippen MR) is 86.7 cm³/mol. The van der Waals surface area contributed by atoms with E-state index < -0.39 is 17.7 Å². The van der Waals surface area contributed by atoms with E-state index in [1.54, 1.807) is 11.1 Å². The van der Waals surface area contributed by atoms with Gasteiger partial charge in [-0.2, -0.15) is 0 Å². The van der Waals surface area contributed by atoms with Crippen molar-refractivity contribution in [3.05, 3.63) is 30.1 Å². The summed E-state index contributed by atoms with van der Waals surface area (Å²) in [5.41, 5.74) is 0.226. The molecule has 0 saturated carbocycles.